The van der Waals surface area contributed by atoms with Gasteiger partial charge in [-0.1, -0.05) is 6.92 Å². The summed E-state index contributed by atoms with van der Waals surface area (Å²) >= 11 is 0. The Hall–Kier alpha value is -1.17. The van der Waals surface area contributed by atoms with Gasteiger partial charge in [0.2, 0.25) is 0 Å². The molecule has 0 aromatic carbocycles. The molecule has 0 bridgehead atoms. The quantitative estimate of drug-likeness (QED) is 0.746. The van der Waals surface area contributed by atoms with E-state index < -0.39 is 5.60 Å². The van der Waals surface area contributed by atoms with Crippen molar-refractivity contribution in [2.24, 2.45) is 17.8 Å². The van der Waals surface area contributed by atoms with Gasteiger partial charge in [-0.15, -0.1) is 12.3 Å². The lowest BCUT2D eigenvalue weighted by atomic mass is 10.1. The third kappa shape index (κ3) is 4.14. The number of carbonyl (C=O) groups is 1. The average Bonchev–Trinajstić information content (AvgIpc) is 2.90. The molecule has 1 rings (SSSR count). The molecule has 90 valence electrons. The summed E-state index contributed by atoms with van der Waals surface area (Å²) in [7, 11) is 0. The van der Waals surface area contributed by atoms with Gasteiger partial charge < -0.3 is 10.1 Å². The Morgan fingerprint density at radius 3 is 2.69 bits per heavy atom. The summed E-state index contributed by atoms with van der Waals surface area (Å²) < 4.78 is 5.15. The number of ether oxygens (including phenoxy) is 1. The van der Waals surface area contributed by atoms with Gasteiger partial charge in [-0.3, -0.25) is 0 Å². The average molecular weight is 223 g/mol. The molecule has 0 aliphatic heterocycles. The fourth-order valence-electron chi connectivity index (χ4n) is 1.75. The molecule has 0 aromatic heterocycles. The Bertz CT molecular complexity index is 298. The molecular weight excluding hydrogens is 202 g/mol. The van der Waals surface area contributed by atoms with Crippen LogP contribution in [0.15, 0.2) is 0 Å². The van der Waals surface area contributed by atoms with Crippen LogP contribution in [0.4, 0.5) is 4.79 Å². The molecule has 1 amide bonds. The van der Waals surface area contributed by atoms with Crippen molar-refractivity contribution in [1.29, 1.82) is 0 Å². The van der Waals surface area contributed by atoms with Gasteiger partial charge in [0.25, 0.3) is 0 Å². The fraction of sp³-hybridized carbons (Fsp3) is 0.769. The minimum absolute atomic E-state index is 0.350. The van der Waals surface area contributed by atoms with Crippen LogP contribution in [0.2, 0.25) is 0 Å². The summed E-state index contributed by atoms with van der Waals surface area (Å²) in [5.74, 6) is 4.16. The zero-order valence-corrected chi connectivity index (χ0v) is 10.5. The highest BCUT2D eigenvalue weighted by atomic mass is 16.6. The minimum atomic E-state index is -0.436. The van der Waals surface area contributed by atoms with Crippen LogP contribution in [0.3, 0.4) is 0 Å². The molecule has 0 aromatic rings. The van der Waals surface area contributed by atoms with E-state index in [0.29, 0.717) is 24.3 Å². The Kier molecular flexibility index (Phi) is 3.85. The summed E-state index contributed by atoms with van der Waals surface area (Å²) in [5.41, 5.74) is -0.436. The molecule has 0 saturated heterocycles. The molecule has 0 heterocycles. The van der Waals surface area contributed by atoms with Gasteiger partial charge in [0, 0.05) is 12.5 Å². The predicted molar refractivity (Wildman–Crippen MR) is 63.8 cm³/mol. The molecule has 1 aliphatic carbocycles. The van der Waals surface area contributed by atoms with Crippen LogP contribution in [0.5, 0.6) is 0 Å². The van der Waals surface area contributed by atoms with E-state index in [9.17, 15) is 4.79 Å². The van der Waals surface area contributed by atoms with Crippen molar-refractivity contribution in [2.75, 3.05) is 6.54 Å². The predicted octanol–water partition coefficient (Wildman–Crippen LogP) is 2.42. The number of nitrogens with one attached hydrogen (secondary N) is 1. The van der Waals surface area contributed by atoms with Crippen molar-refractivity contribution in [2.45, 2.75) is 39.7 Å². The van der Waals surface area contributed by atoms with Crippen LogP contribution in [0, 0.1) is 30.1 Å². The second-order valence-corrected chi connectivity index (χ2v) is 5.53. The maximum absolute atomic E-state index is 11.4. The largest absolute Gasteiger partial charge is 0.444 e. The Balaban J connectivity index is 2.20. The van der Waals surface area contributed by atoms with Crippen LogP contribution >= 0.6 is 0 Å². The number of hydrogen-bond donors (Lipinski definition) is 1. The molecular formula is C13H21NO2. The number of hydrogen-bond acceptors (Lipinski definition) is 2. The van der Waals surface area contributed by atoms with Crippen LogP contribution in [-0.4, -0.2) is 18.2 Å². The van der Waals surface area contributed by atoms with E-state index in [1.165, 1.54) is 0 Å². The SMILES string of the molecule is C#C[C@H]1C[C@@H]1C(C)CNC(=O)OC(C)(C)C. The molecule has 1 fully saturated rings. The third-order valence-electron chi connectivity index (χ3n) is 2.75. The van der Waals surface area contributed by atoms with Crippen LogP contribution < -0.4 is 5.32 Å². The lowest BCUT2D eigenvalue weighted by Crippen LogP contribution is -2.35. The van der Waals surface area contributed by atoms with E-state index in [0.717, 1.165) is 6.42 Å². The molecule has 1 unspecified atom stereocenters. The number of rotatable bonds is 3. The van der Waals surface area contributed by atoms with Gasteiger partial charge in [0.05, 0.1) is 0 Å². The first-order valence-electron chi connectivity index (χ1n) is 5.76. The van der Waals surface area contributed by atoms with Gasteiger partial charge in [0.1, 0.15) is 5.60 Å². The first-order chi connectivity index (χ1) is 7.33. The smallest absolute Gasteiger partial charge is 0.407 e. The Labute approximate surface area is 97.9 Å². The maximum atomic E-state index is 11.4. The van der Waals surface area contributed by atoms with E-state index in [4.69, 9.17) is 11.2 Å². The molecule has 0 radical (unpaired) electrons. The van der Waals surface area contributed by atoms with Gasteiger partial charge in [-0.2, -0.15) is 0 Å². The summed E-state index contributed by atoms with van der Waals surface area (Å²) in [4.78, 5) is 11.4. The first-order valence-corrected chi connectivity index (χ1v) is 5.76. The molecule has 16 heavy (non-hydrogen) atoms. The Morgan fingerprint density at radius 2 is 2.25 bits per heavy atom. The minimum Gasteiger partial charge on any atom is -0.444 e. The highest BCUT2D eigenvalue weighted by molar-refractivity contribution is 5.67. The van der Waals surface area contributed by atoms with Crippen LogP contribution in [0.25, 0.3) is 0 Å². The van der Waals surface area contributed by atoms with E-state index >= 15 is 0 Å². The lowest BCUT2D eigenvalue weighted by Gasteiger charge is -2.20. The van der Waals surface area contributed by atoms with Crippen molar-refractivity contribution < 1.29 is 9.53 Å². The van der Waals surface area contributed by atoms with Gasteiger partial charge in [0.15, 0.2) is 0 Å². The molecule has 1 aliphatic rings. The van der Waals surface area contributed by atoms with E-state index in [2.05, 4.69) is 18.2 Å². The monoisotopic (exact) mass is 223 g/mol. The van der Waals surface area contributed by atoms with E-state index in [-0.39, 0.29) is 6.09 Å². The van der Waals surface area contributed by atoms with Crippen molar-refractivity contribution in [1.82, 2.24) is 5.32 Å². The lowest BCUT2D eigenvalue weighted by molar-refractivity contribution is 0.0518. The fourth-order valence-corrected chi connectivity index (χ4v) is 1.75. The second-order valence-electron chi connectivity index (χ2n) is 5.53. The van der Waals surface area contributed by atoms with Crippen molar-refractivity contribution >= 4 is 6.09 Å². The number of amides is 1. The van der Waals surface area contributed by atoms with E-state index in [1.54, 1.807) is 0 Å². The molecule has 3 nitrogen and oxygen atoms in total. The number of alkyl carbamates (subject to hydrolysis) is 1. The highest BCUT2D eigenvalue weighted by Gasteiger charge is 2.39. The number of carbonyl (C=O) groups excluding carboxylic acids is 1. The highest BCUT2D eigenvalue weighted by Crippen LogP contribution is 2.43. The van der Waals surface area contributed by atoms with Crippen LogP contribution in [0.1, 0.15) is 34.1 Å². The molecule has 0 spiro atoms. The van der Waals surface area contributed by atoms with Crippen molar-refractivity contribution in [3.8, 4) is 12.3 Å². The summed E-state index contributed by atoms with van der Waals surface area (Å²) in [6.07, 6.45) is 6.08. The zero-order valence-electron chi connectivity index (χ0n) is 10.5. The molecule has 3 heteroatoms. The zero-order chi connectivity index (χ0) is 12.3. The third-order valence-corrected chi connectivity index (χ3v) is 2.75. The van der Waals surface area contributed by atoms with Crippen molar-refractivity contribution in [3.05, 3.63) is 0 Å². The topological polar surface area (TPSA) is 38.3 Å². The molecule has 1 N–H and O–H groups in total. The van der Waals surface area contributed by atoms with Crippen molar-refractivity contribution in [3.63, 3.8) is 0 Å². The van der Waals surface area contributed by atoms with Gasteiger partial charge in [-0.25, -0.2) is 4.79 Å². The summed E-state index contributed by atoms with van der Waals surface area (Å²) in [6, 6.07) is 0. The standard InChI is InChI=1S/C13H21NO2/c1-6-10-7-11(10)9(2)8-14-12(15)16-13(3,4)5/h1,9-11H,7-8H2,2-5H3,(H,14,15)/t9?,10-,11+/m0/s1. The summed E-state index contributed by atoms with van der Waals surface area (Å²) in [6.45, 7) is 8.30. The first kappa shape index (κ1) is 12.9. The summed E-state index contributed by atoms with van der Waals surface area (Å²) in [5, 5.41) is 2.78. The van der Waals surface area contributed by atoms with Gasteiger partial charge in [-0.05, 0) is 39.0 Å². The maximum Gasteiger partial charge on any atom is 0.407 e. The molecule has 3 atom stereocenters. The van der Waals surface area contributed by atoms with Gasteiger partial charge >= 0.3 is 6.09 Å². The second kappa shape index (κ2) is 4.78. The van der Waals surface area contributed by atoms with E-state index in [1.807, 2.05) is 20.8 Å². The van der Waals surface area contributed by atoms with Crippen LogP contribution in [-0.2, 0) is 4.74 Å². The normalized spacial score (nSPS) is 25.4. The number of terminal acetylenes is 1. The Morgan fingerprint density at radius 1 is 1.62 bits per heavy atom. The molecule has 1 saturated carbocycles.